The maximum atomic E-state index is 12.6. The molecule has 3 nitrogen and oxygen atoms in total. The molecule has 0 aliphatic heterocycles. The second-order valence-electron chi connectivity index (χ2n) is 5.50. The van der Waals surface area contributed by atoms with Gasteiger partial charge in [0.2, 0.25) is 0 Å². The minimum Gasteiger partial charge on any atom is -0.455 e. The molecule has 0 spiro atoms. The Kier molecular flexibility index (Phi) is 4.27. The van der Waals surface area contributed by atoms with Crippen LogP contribution >= 0.6 is 0 Å². The summed E-state index contributed by atoms with van der Waals surface area (Å²) in [6, 6.07) is 17.0. The number of halogens is 3. The summed E-state index contributed by atoms with van der Waals surface area (Å²) in [4.78, 5) is 0. The normalized spacial score (nSPS) is 11.3. The fourth-order valence-corrected chi connectivity index (χ4v) is 2.35. The first-order chi connectivity index (χ1) is 11.8. The van der Waals surface area contributed by atoms with E-state index in [2.05, 4.69) is 0 Å². The van der Waals surface area contributed by atoms with Crippen molar-refractivity contribution in [1.29, 1.82) is 0 Å². The van der Waals surface area contributed by atoms with Gasteiger partial charge in [-0.05, 0) is 53.6 Å². The van der Waals surface area contributed by atoms with Crippen molar-refractivity contribution < 1.29 is 17.9 Å². The smallest absolute Gasteiger partial charge is 0.416 e. The molecule has 0 saturated carbocycles. The highest BCUT2D eigenvalue weighted by Gasteiger charge is 2.29. The number of hydrogen-bond donors (Lipinski definition) is 2. The van der Waals surface area contributed by atoms with E-state index in [1.54, 1.807) is 42.5 Å². The summed E-state index contributed by atoms with van der Waals surface area (Å²) in [5.74, 6) is 1.05. The molecular formula is C19H15F3N2O. The lowest BCUT2D eigenvalue weighted by Crippen LogP contribution is -2.03. The van der Waals surface area contributed by atoms with Crippen molar-refractivity contribution in [2.45, 2.75) is 6.18 Å². The monoisotopic (exact) mass is 344 g/mol. The standard InChI is InChI=1S/C19H15F3N2O/c20-19(21,22)14-5-1-12(2-6-14)13-3-8-16(9-4-13)25-18-10-7-15(23)11-17(18)24/h1-11H,23-24H2. The van der Waals surface area contributed by atoms with Crippen LogP contribution in [0.3, 0.4) is 0 Å². The molecule has 3 aromatic carbocycles. The molecule has 0 bridgehead atoms. The summed E-state index contributed by atoms with van der Waals surface area (Å²) in [7, 11) is 0. The van der Waals surface area contributed by atoms with Gasteiger partial charge in [0, 0.05) is 5.69 Å². The first-order valence-corrected chi connectivity index (χ1v) is 7.43. The SMILES string of the molecule is Nc1ccc(Oc2ccc(-c3ccc(C(F)(F)F)cc3)cc2)c(N)c1. The lowest BCUT2D eigenvalue weighted by Gasteiger charge is -2.10. The highest BCUT2D eigenvalue weighted by molar-refractivity contribution is 5.65. The average Bonchev–Trinajstić information content (AvgIpc) is 2.57. The van der Waals surface area contributed by atoms with Crippen LogP contribution in [0.25, 0.3) is 11.1 Å². The number of benzene rings is 3. The highest BCUT2D eigenvalue weighted by Crippen LogP contribution is 2.33. The van der Waals surface area contributed by atoms with Crippen LogP contribution in [0.5, 0.6) is 11.5 Å². The minimum absolute atomic E-state index is 0.423. The zero-order chi connectivity index (χ0) is 18.0. The number of hydrogen-bond acceptors (Lipinski definition) is 3. The fraction of sp³-hybridized carbons (Fsp3) is 0.0526. The van der Waals surface area contributed by atoms with Crippen LogP contribution in [0, 0.1) is 0 Å². The molecule has 25 heavy (non-hydrogen) atoms. The molecule has 0 aromatic heterocycles. The zero-order valence-electron chi connectivity index (χ0n) is 13.0. The van der Waals surface area contributed by atoms with Gasteiger partial charge in [-0.3, -0.25) is 0 Å². The number of alkyl halides is 3. The number of ether oxygens (including phenoxy) is 1. The van der Waals surface area contributed by atoms with Crippen LogP contribution in [0.1, 0.15) is 5.56 Å². The van der Waals surface area contributed by atoms with E-state index in [9.17, 15) is 13.2 Å². The highest BCUT2D eigenvalue weighted by atomic mass is 19.4. The Morgan fingerprint density at radius 3 is 1.80 bits per heavy atom. The molecule has 128 valence electrons. The number of anilines is 2. The Morgan fingerprint density at radius 2 is 1.28 bits per heavy atom. The lowest BCUT2D eigenvalue weighted by atomic mass is 10.0. The number of nitrogen functional groups attached to an aromatic ring is 2. The van der Waals surface area contributed by atoms with E-state index < -0.39 is 11.7 Å². The van der Waals surface area contributed by atoms with Crippen LogP contribution in [0.15, 0.2) is 66.7 Å². The van der Waals surface area contributed by atoms with Gasteiger partial charge >= 0.3 is 6.18 Å². The van der Waals surface area contributed by atoms with Crippen molar-refractivity contribution in [3.8, 4) is 22.6 Å². The Hall–Kier alpha value is -3.15. The summed E-state index contributed by atoms with van der Waals surface area (Å²) in [5.41, 5.74) is 13.2. The Bertz CT molecular complexity index is 873. The first-order valence-electron chi connectivity index (χ1n) is 7.43. The minimum atomic E-state index is -4.34. The second kappa shape index (κ2) is 6.39. The van der Waals surface area contributed by atoms with Crippen LogP contribution in [0.4, 0.5) is 24.5 Å². The van der Waals surface area contributed by atoms with Gasteiger partial charge < -0.3 is 16.2 Å². The molecule has 6 heteroatoms. The average molecular weight is 344 g/mol. The summed E-state index contributed by atoms with van der Waals surface area (Å²) in [6.45, 7) is 0. The first kappa shape index (κ1) is 16.7. The van der Waals surface area contributed by atoms with Crippen molar-refractivity contribution in [3.63, 3.8) is 0 Å². The van der Waals surface area contributed by atoms with Gasteiger partial charge in [-0.25, -0.2) is 0 Å². The van der Waals surface area contributed by atoms with Gasteiger partial charge in [-0.15, -0.1) is 0 Å². The molecular weight excluding hydrogens is 329 g/mol. The van der Waals surface area contributed by atoms with E-state index in [0.717, 1.165) is 17.7 Å². The molecule has 0 radical (unpaired) electrons. The Labute approximate surface area is 142 Å². The molecule has 3 rings (SSSR count). The Balaban J connectivity index is 1.78. The maximum absolute atomic E-state index is 12.6. The predicted molar refractivity (Wildman–Crippen MR) is 92.2 cm³/mol. The van der Waals surface area contributed by atoms with Crippen LogP contribution in [0.2, 0.25) is 0 Å². The molecule has 0 amide bonds. The summed E-state index contributed by atoms with van der Waals surface area (Å²) in [6.07, 6.45) is -4.34. The molecule has 0 heterocycles. The lowest BCUT2D eigenvalue weighted by molar-refractivity contribution is -0.137. The van der Waals surface area contributed by atoms with Gasteiger partial charge in [0.05, 0.1) is 11.3 Å². The van der Waals surface area contributed by atoms with Gasteiger partial charge in [-0.1, -0.05) is 24.3 Å². The fourth-order valence-electron chi connectivity index (χ4n) is 2.35. The molecule has 3 aromatic rings. The van der Waals surface area contributed by atoms with E-state index in [-0.39, 0.29) is 0 Å². The largest absolute Gasteiger partial charge is 0.455 e. The van der Waals surface area contributed by atoms with E-state index in [4.69, 9.17) is 16.2 Å². The molecule has 4 N–H and O–H groups in total. The third kappa shape index (κ3) is 3.85. The summed E-state index contributed by atoms with van der Waals surface area (Å²) in [5, 5.41) is 0. The van der Waals surface area contributed by atoms with Crippen molar-refractivity contribution >= 4 is 11.4 Å². The number of nitrogens with two attached hydrogens (primary N) is 2. The van der Waals surface area contributed by atoms with Crippen molar-refractivity contribution in [1.82, 2.24) is 0 Å². The van der Waals surface area contributed by atoms with E-state index in [1.807, 2.05) is 0 Å². The van der Waals surface area contributed by atoms with Crippen molar-refractivity contribution in [2.24, 2.45) is 0 Å². The van der Waals surface area contributed by atoms with Crippen molar-refractivity contribution in [3.05, 3.63) is 72.3 Å². The maximum Gasteiger partial charge on any atom is 0.416 e. The zero-order valence-corrected chi connectivity index (χ0v) is 13.0. The van der Waals surface area contributed by atoms with Crippen LogP contribution in [-0.2, 0) is 6.18 Å². The Morgan fingerprint density at radius 1 is 0.720 bits per heavy atom. The summed E-state index contributed by atoms with van der Waals surface area (Å²) >= 11 is 0. The van der Waals surface area contributed by atoms with Gasteiger partial charge in [0.1, 0.15) is 11.5 Å². The third-order valence-electron chi connectivity index (χ3n) is 3.66. The molecule has 0 aliphatic rings. The molecule has 0 unspecified atom stereocenters. The third-order valence-corrected chi connectivity index (χ3v) is 3.66. The summed E-state index contributed by atoms with van der Waals surface area (Å²) < 4.78 is 43.5. The molecule has 0 saturated heterocycles. The predicted octanol–water partition coefficient (Wildman–Crippen LogP) is 5.33. The van der Waals surface area contributed by atoms with Gasteiger partial charge in [0.15, 0.2) is 0 Å². The quantitative estimate of drug-likeness (QED) is 0.631. The van der Waals surface area contributed by atoms with E-state index in [1.165, 1.54) is 12.1 Å². The van der Waals surface area contributed by atoms with E-state index in [0.29, 0.717) is 28.4 Å². The van der Waals surface area contributed by atoms with E-state index >= 15 is 0 Å². The van der Waals surface area contributed by atoms with Gasteiger partial charge in [0.25, 0.3) is 0 Å². The number of rotatable bonds is 3. The van der Waals surface area contributed by atoms with Crippen molar-refractivity contribution in [2.75, 3.05) is 11.5 Å². The van der Waals surface area contributed by atoms with Crippen LogP contribution < -0.4 is 16.2 Å². The van der Waals surface area contributed by atoms with Gasteiger partial charge in [-0.2, -0.15) is 13.2 Å². The topological polar surface area (TPSA) is 61.3 Å². The molecule has 0 atom stereocenters. The second-order valence-corrected chi connectivity index (χ2v) is 5.50. The molecule has 0 fully saturated rings. The molecule has 0 aliphatic carbocycles. The van der Waals surface area contributed by atoms with Crippen LogP contribution in [-0.4, -0.2) is 0 Å².